The van der Waals surface area contributed by atoms with E-state index in [2.05, 4.69) is 28.2 Å². The molecule has 194 valence electrons. The van der Waals surface area contributed by atoms with Crippen LogP contribution in [0.2, 0.25) is 0 Å². The van der Waals surface area contributed by atoms with Crippen LogP contribution in [0.4, 0.5) is 0 Å². The number of hydrogen-bond acceptors (Lipinski definition) is 7. The van der Waals surface area contributed by atoms with Crippen molar-refractivity contribution in [1.29, 1.82) is 0 Å². The summed E-state index contributed by atoms with van der Waals surface area (Å²) in [5, 5.41) is 6.90. The second kappa shape index (κ2) is 11.7. The van der Waals surface area contributed by atoms with E-state index in [1.807, 2.05) is 68.4 Å². The fraction of sp³-hybridized carbons (Fsp3) is 0.300. The quantitative estimate of drug-likeness (QED) is 0.228. The zero-order valence-corrected chi connectivity index (χ0v) is 22.4. The van der Waals surface area contributed by atoms with E-state index in [0.29, 0.717) is 5.16 Å². The predicted molar refractivity (Wildman–Crippen MR) is 148 cm³/mol. The number of ether oxygens (including phenoxy) is 1. The van der Waals surface area contributed by atoms with Crippen LogP contribution in [-0.2, 0) is 14.3 Å². The number of hydrogen-bond donors (Lipinski definition) is 0. The van der Waals surface area contributed by atoms with Gasteiger partial charge in [0.05, 0.1) is 17.5 Å². The zero-order valence-electron chi connectivity index (χ0n) is 21.5. The highest BCUT2D eigenvalue weighted by atomic mass is 32.2. The SMILES string of the molecule is Cc1cc(C)nc(SCC(=O)OCC(=O)N2N=C3/C(=C/c4ccccc4)CCC[C@H]3[C@@H]2c2ccccc2)n1. The van der Waals surface area contributed by atoms with Crippen molar-refractivity contribution in [3.05, 3.63) is 94.8 Å². The third-order valence-electron chi connectivity index (χ3n) is 6.68. The van der Waals surface area contributed by atoms with Crippen LogP contribution >= 0.6 is 11.8 Å². The predicted octanol–water partition coefficient (Wildman–Crippen LogP) is 5.55. The number of thioether (sulfide) groups is 1. The maximum Gasteiger partial charge on any atom is 0.316 e. The molecular weight excluding hydrogens is 496 g/mol. The van der Waals surface area contributed by atoms with Crippen molar-refractivity contribution in [2.45, 2.75) is 44.3 Å². The standard InChI is InChI=1S/C30H30N4O3S/c1-20-16-21(2)32-30(31-20)38-19-27(36)37-18-26(35)34-29(23-12-7-4-8-13-23)25-15-9-14-24(28(25)33-34)17-22-10-5-3-6-11-22/h3-8,10-13,16-17,25,29H,9,14-15,18-19H2,1-2H3/b24-17+/t25-,29+/m1/s1. The maximum absolute atomic E-state index is 13.4. The van der Waals surface area contributed by atoms with Gasteiger partial charge < -0.3 is 4.74 Å². The molecule has 1 fully saturated rings. The van der Waals surface area contributed by atoms with Crippen LogP contribution in [0, 0.1) is 19.8 Å². The van der Waals surface area contributed by atoms with Crippen LogP contribution in [0.3, 0.4) is 0 Å². The van der Waals surface area contributed by atoms with Crippen molar-refractivity contribution < 1.29 is 14.3 Å². The molecule has 0 unspecified atom stereocenters. The molecule has 7 nitrogen and oxygen atoms in total. The molecule has 1 aliphatic carbocycles. The highest BCUT2D eigenvalue weighted by Crippen LogP contribution is 2.44. The van der Waals surface area contributed by atoms with Crippen molar-refractivity contribution >= 4 is 35.4 Å². The van der Waals surface area contributed by atoms with Gasteiger partial charge >= 0.3 is 5.97 Å². The molecule has 5 rings (SSSR count). The minimum Gasteiger partial charge on any atom is -0.455 e. The van der Waals surface area contributed by atoms with Gasteiger partial charge in [-0.25, -0.2) is 15.0 Å². The third-order valence-corrected chi connectivity index (χ3v) is 7.50. The first kappa shape index (κ1) is 25.9. The summed E-state index contributed by atoms with van der Waals surface area (Å²) in [7, 11) is 0. The highest BCUT2D eigenvalue weighted by Gasteiger charge is 2.43. The fourth-order valence-corrected chi connectivity index (χ4v) is 5.82. The molecule has 0 bridgehead atoms. The van der Waals surface area contributed by atoms with Gasteiger partial charge in [0.25, 0.3) is 5.91 Å². The van der Waals surface area contributed by atoms with Crippen LogP contribution in [0.25, 0.3) is 6.08 Å². The van der Waals surface area contributed by atoms with Crippen molar-refractivity contribution in [1.82, 2.24) is 15.0 Å². The lowest BCUT2D eigenvalue weighted by Crippen LogP contribution is -2.34. The normalized spacial score (nSPS) is 19.7. The largest absolute Gasteiger partial charge is 0.455 e. The Balaban J connectivity index is 1.31. The van der Waals surface area contributed by atoms with Gasteiger partial charge in [0.15, 0.2) is 11.8 Å². The molecule has 2 aliphatic rings. The van der Waals surface area contributed by atoms with Crippen LogP contribution in [-0.4, -0.2) is 44.9 Å². The molecule has 2 aromatic carbocycles. The van der Waals surface area contributed by atoms with Gasteiger partial charge in [-0.15, -0.1) is 0 Å². The van der Waals surface area contributed by atoms with E-state index in [1.54, 1.807) is 0 Å². The number of rotatable bonds is 7. The summed E-state index contributed by atoms with van der Waals surface area (Å²) in [6.07, 6.45) is 5.06. The van der Waals surface area contributed by atoms with E-state index in [-0.39, 0.29) is 30.2 Å². The monoisotopic (exact) mass is 526 g/mol. The van der Waals surface area contributed by atoms with E-state index in [1.165, 1.54) is 16.8 Å². The molecular formula is C30H30N4O3S. The number of benzene rings is 2. The summed E-state index contributed by atoms with van der Waals surface area (Å²) >= 11 is 1.20. The summed E-state index contributed by atoms with van der Waals surface area (Å²) < 4.78 is 5.37. The molecule has 0 N–H and O–H groups in total. The fourth-order valence-electron chi connectivity index (χ4n) is 5.07. The minimum atomic E-state index is -0.490. The molecule has 0 saturated heterocycles. The Morgan fingerprint density at radius 2 is 1.71 bits per heavy atom. The van der Waals surface area contributed by atoms with Gasteiger partial charge in [-0.3, -0.25) is 9.59 Å². The average molecular weight is 527 g/mol. The van der Waals surface area contributed by atoms with Crippen molar-refractivity contribution in [2.24, 2.45) is 11.0 Å². The van der Waals surface area contributed by atoms with Crippen LogP contribution in [0.15, 0.2) is 82.6 Å². The number of esters is 1. The van der Waals surface area contributed by atoms with Gasteiger partial charge in [0.1, 0.15) is 0 Å². The number of nitrogens with zero attached hydrogens (tertiary/aromatic N) is 4. The summed E-state index contributed by atoms with van der Waals surface area (Å²) in [5.74, 6) is -0.700. The molecule has 1 aromatic heterocycles. The Hall–Kier alpha value is -3.78. The van der Waals surface area contributed by atoms with Gasteiger partial charge in [-0.05, 0) is 62.0 Å². The van der Waals surface area contributed by atoms with E-state index in [9.17, 15) is 9.59 Å². The number of allylic oxidation sites excluding steroid dienone is 1. The number of fused-ring (bicyclic) bond motifs is 1. The van der Waals surface area contributed by atoms with Crippen LogP contribution < -0.4 is 0 Å². The zero-order chi connectivity index (χ0) is 26.5. The molecule has 0 radical (unpaired) electrons. The number of aromatic nitrogens is 2. The Bertz CT molecular complexity index is 1350. The van der Waals surface area contributed by atoms with E-state index >= 15 is 0 Å². The van der Waals surface area contributed by atoms with Crippen LogP contribution in [0.5, 0.6) is 0 Å². The number of carbonyl (C=O) groups is 2. The molecule has 1 aliphatic heterocycles. The van der Waals surface area contributed by atoms with Crippen molar-refractivity contribution in [2.75, 3.05) is 12.4 Å². The molecule has 1 amide bonds. The first-order valence-electron chi connectivity index (χ1n) is 12.8. The number of hydrazone groups is 1. The summed E-state index contributed by atoms with van der Waals surface area (Å²) in [6, 6.07) is 21.8. The molecule has 8 heteroatoms. The van der Waals surface area contributed by atoms with Crippen LogP contribution in [0.1, 0.15) is 47.8 Å². The van der Waals surface area contributed by atoms with Gasteiger partial charge in [-0.1, -0.05) is 72.4 Å². The molecule has 38 heavy (non-hydrogen) atoms. The first-order chi connectivity index (χ1) is 18.5. The molecule has 2 heterocycles. The molecule has 2 atom stereocenters. The van der Waals surface area contributed by atoms with E-state index in [4.69, 9.17) is 9.84 Å². The van der Waals surface area contributed by atoms with Crippen molar-refractivity contribution in [3.63, 3.8) is 0 Å². The number of aryl methyl sites for hydroxylation is 2. The number of amides is 1. The third kappa shape index (κ3) is 6.02. The summed E-state index contributed by atoms with van der Waals surface area (Å²) in [5.41, 5.74) is 5.93. The highest BCUT2D eigenvalue weighted by molar-refractivity contribution is 7.99. The van der Waals surface area contributed by atoms with Crippen molar-refractivity contribution in [3.8, 4) is 0 Å². The lowest BCUT2D eigenvalue weighted by atomic mass is 9.77. The molecule has 1 saturated carbocycles. The summed E-state index contributed by atoms with van der Waals surface area (Å²) in [4.78, 5) is 34.5. The Kier molecular flexibility index (Phi) is 7.98. The summed E-state index contributed by atoms with van der Waals surface area (Å²) in [6.45, 7) is 3.40. The number of carbonyl (C=O) groups excluding carboxylic acids is 2. The Labute approximate surface area is 227 Å². The van der Waals surface area contributed by atoms with Gasteiger partial charge in [0.2, 0.25) is 0 Å². The van der Waals surface area contributed by atoms with Gasteiger partial charge in [-0.2, -0.15) is 5.10 Å². The maximum atomic E-state index is 13.4. The lowest BCUT2D eigenvalue weighted by Gasteiger charge is -2.29. The van der Waals surface area contributed by atoms with Gasteiger partial charge in [0, 0.05) is 17.3 Å². The lowest BCUT2D eigenvalue weighted by molar-refractivity contribution is -0.151. The minimum absolute atomic E-state index is 0.0272. The Morgan fingerprint density at radius 1 is 1.03 bits per heavy atom. The first-order valence-corrected chi connectivity index (χ1v) is 13.8. The second-order valence-electron chi connectivity index (χ2n) is 9.54. The molecule has 0 spiro atoms. The van der Waals surface area contributed by atoms with E-state index in [0.717, 1.165) is 53.1 Å². The van der Waals surface area contributed by atoms with E-state index < -0.39 is 5.97 Å². The average Bonchev–Trinajstić information content (AvgIpc) is 3.32. The topological polar surface area (TPSA) is 84.8 Å². The molecule has 3 aromatic rings. The Morgan fingerprint density at radius 3 is 2.42 bits per heavy atom. The second-order valence-corrected chi connectivity index (χ2v) is 10.5. The smallest absolute Gasteiger partial charge is 0.316 e.